The Morgan fingerprint density at radius 2 is 2.31 bits per heavy atom. The molecule has 0 aliphatic heterocycles. The molecule has 0 radical (unpaired) electrons. The normalized spacial score (nSPS) is 14.5. The van der Waals surface area contributed by atoms with Crippen LogP contribution in [0.4, 0.5) is 0 Å². The third-order valence-electron chi connectivity index (χ3n) is 2.32. The first kappa shape index (κ1) is 11.0. The van der Waals surface area contributed by atoms with Gasteiger partial charge in [-0.15, -0.1) is 11.6 Å². The molecule has 0 bridgehead atoms. The Kier molecular flexibility index (Phi) is 3.77. The highest BCUT2D eigenvalue weighted by atomic mass is 35.5. The van der Waals surface area contributed by atoms with Gasteiger partial charge in [0.05, 0.1) is 0 Å². The number of nitrogens with one attached hydrogen (secondary N) is 1. The monoisotopic (exact) mass is 217 g/mol. The fraction of sp³-hybridized carbons (Fsp3) is 0.600. The van der Waals surface area contributed by atoms with Crippen LogP contribution in [-0.4, -0.2) is 10.9 Å². The number of halogens is 1. The van der Waals surface area contributed by atoms with Gasteiger partial charge in [0.2, 0.25) is 0 Å². The molecule has 3 heteroatoms. The van der Waals surface area contributed by atoms with E-state index in [0.717, 1.165) is 6.54 Å². The van der Waals surface area contributed by atoms with Crippen LogP contribution in [0.5, 0.6) is 0 Å². The van der Waals surface area contributed by atoms with Gasteiger partial charge in [0, 0.05) is 17.5 Å². The maximum Gasteiger partial charge on any atom is 0.0484 e. The van der Waals surface area contributed by atoms with Crippen LogP contribution in [-0.2, 0) is 6.54 Å². The first-order valence-corrected chi connectivity index (χ1v) is 5.80. The quantitative estimate of drug-likeness (QED) is 0.764. The van der Waals surface area contributed by atoms with Gasteiger partial charge in [0.25, 0.3) is 0 Å². The Morgan fingerprint density at radius 1 is 1.62 bits per heavy atom. The number of hydrogen-bond acceptors (Lipinski definition) is 2. The third kappa shape index (κ3) is 3.29. The summed E-state index contributed by atoms with van der Waals surface area (Å²) in [7, 11) is 0. The average Bonchev–Trinajstić information content (AvgIpc) is 2.52. The summed E-state index contributed by atoms with van der Waals surface area (Å²) >= 11 is 7.78. The van der Waals surface area contributed by atoms with E-state index < -0.39 is 0 Å². The van der Waals surface area contributed by atoms with Crippen molar-refractivity contribution < 1.29 is 0 Å². The molecule has 0 saturated carbocycles. The zero-order valence-electron chi connectivity index (χ0n) is 8.30. The molecule has 0 spiro atoms. The van der Waals surface area contributed by atoms with Crippen LogP contribution in [0.1, 0.15) is 26.3 Å². The summed E-state index contributed by atoms with van der Waals surface area (Å²) in [5.74, 6) is 0. The second-order valence-electron chi connectivity index (χ2n) is 3.82. The lowest BCUT2D eigenvalue weighted by Gasteiger charge is -2.28. The van der Waals surface area contributed by atoms with Crippen molar-refractivity contribution in [2.24, 2.45) is 0 Å². The fourth-order valence-corrected chi connectivity index (χ4v) is 1.61. The Bertz CT molecular complexity index is 241. The van der Waals surface area contributed by atoms with E-state index in [1.807, 2.05) is 6.92 Å². The molecule has 0 aliphatic carbocycles. The van der Waals surface area contributed by atoms with Gasteiger partial charge < -0.3 is 5.32 Å². The summed E-state index contributed by atoms with van der Waals surface area (Å²) in [5, 5.41) is 7.81. The smallest absolute Gasteiger partial charge is 0.0484 e. The molecular formula is C10H16ClNS. The van der Waals surface area contributed by atoms with E-state index in [-0.39, 0.29) is 10.9 Å². The lowest BCUT2D eigenvalue weighted by atomic mass is 10.0. The van der Waals surface area contributed by atoms with E-state index in [0.29, 0.717) is 0 Å². The van der Waals surface area contributed by atoms with Crippen LogP contribution in [0.15, 0.2) is 16.8 Å². The van der Waals surface area contributed by atoms with Gasteiger partial charge in [-0.1, -0.05) is 0 Å². The molecule has 13 heavy (non-hydrogen) atoms. The van der Waals surface area contributed by atoms with Gasteiger partial charge in [-0.25, -0.2) is 0 Å². The second-order valence-corrected chi connectivity index (χ2v) is 5.26. The van der Waals surface area contributed by atoms with E-state index in [1.165, 1.54) is 5.56 Å². The topological polar surface area (TPSA) is 12.0 Å². The highest BCUT2D eigenvalue weighted by molar-refractivity contribution is 7.07. The van der Waals surface area contributed by atoms with Crippen LogP contribution in [0.2, 0.25) is 0 Å². The van der Waals surface area contributed by atoms with Crippen molar-refractivity contribution in [2.45, 2.75) is 38.2 Å². The molecule has 0 aliphatic rings. The lowest BCUT2D eigenvalue weighted by molar-refractivity contribution is 0.380. The van der Waals surface area contributed by atoms with Crippen molar-refractivity contribution in [1.82, 2.24) is 5.32 Å². The number of thiophene rings is 1. The van der Waals surface area contributed by atoms with Crippen molar-refractivity contribution in [1.29, 1.82) is 0 Å². The fourth-order valence-electron chi connectivity index (χ4n) is 0.864. The molecule has 0 saturated heterocycles. The summed E-state index contributed by atoms with van der Waals surface area (Å²) in [5.41, 5.74) is 1.32. The molecule has 1 N–H and O–H groups in total. The van der Waals surface area contributed by atoms with E-state index in [1.54, 1.807) is 11.3 Å². The van der Waals surface area contributed by atoms with E-state index in [2.05, 4.69) is 36.0 Å². The molecule has 0 fully saturated rings. The SMILES string of the molecule is CC(Cl)C(C)(C)NCc1ccsc1. The van der Waals surface area contributed by atoms with Crippen molar-refractivity contribution in [2.75, 3.05) is 0 Å². The minimum atomic E-state index is -0.0104. The number of rotatable bonds is 4. The predicted molar refractivity (Wildman–Crippen MR) is 60.6 cm³/mol. The van der Waals surface area contributed by atoms with Gasteiger partial charge in [0.15, 0.2) is 0 Å². The van der Waals surface area contributed by atoms with Crippen LogP contribution < -0.4 is 5.32 Å². The zero-order chi connectivity index (χ0) is 9.90. The maximum atomic E-state index is 6.05. The minimum Gasteiger partial charge on any atom is -0.306 e. The van der Waals surface area contributed by atoms with E-state index in [9.17, 15) is 0 Å². The van der Waals surface area contributed by atoms with Crippen LogP contribution in [0.25, 0.3) is 0 Å². The average molecular weight is 218 g/mol. The number of alkyl halides is 1. The first-order valence-electron chi connectivity index (χ1n) is 4.42. The van der Waals surface area contributed by atoms with E-state index in [4.69, 9.17) is 11.6 Å². The highest BCUT2D eigenvalue weighted by Crippen LogP contribution is 2.16. The van der Waals surface area contributed by atoms with Gasteiger partial charge in [0.1, 0.15) is 0 Å². The summed E-state index contributed by atoms with van der Waals surface area (Å²) in [6.07, 6.45) is 0. The Balaban J connectivity index is 2.42. The predicted octanol–water partition coefficient (Wildman–Crippen LogP) is 3.24. The van der Waals surface area contributed by atoms with Crippen molar-refractivity contribution >= 4 is 22.9 Å². The van der Waals surface area contributed by atoms with Crippen LogP contribution in [0, 0.1) is 0 Å². The van der Waals surface area contributed by atoms with Crippen molar-refractivity contribution in [3.63, 3.8) is 0 Å². The Hall–Kier alpha value is -0.0500. The van der Waals surface area contributed by atoms with Gasteiger partial charge in [-0.2, -0.15) is 11.3 Å². The lowest BCUT2D eigenvalue weighted by Crippen LogP contribution is -2.45. The van der Waals surface area contributed by atoms with Crippen LogP contribution >= 0.6 is 22.9 Å². The Labute approximate surface area is 89.1 Å². The molecule has 1 heterocycles. The molecular weight excluding hydrogens is 202 g/mol. The third-order valence-corrected chi connectivity index (χ3v) is 3.60. The molecule has 1 rings (SSSR count). The summed E-state index contributed by atoms with van der Waals surface area (Å²) in [6, 6.07) is 2.13. The van der Waals surface area contributed by atoms with Gasteiger partial charge in [-0.05, 0) is 43.2 Å². The summed E-state index contributed by atoms with van der Waals surface area (Å²) in [6.45, 7) is 7.16. The van der Waals surface area contributed by atoms with Gasteiger partial charge >= 0.3 is 0 Å². The van der Waals surface area contributed by atoms with Gasteiger partial charge in [-0.3, -0.25) is 0 Å². The second kappa shape index (κ2) is 4.45. The largest absolute Gasteiger partial charge is 0.306 e. The van der Waals surface area contributed by atoms with Crippen molar-refractivity contribution in [3.05, 3.63) is 22.4 Å². The highest BCUT2D eigenvalue weighted by Gasteiger charge is 2.22. The summed E-state index contributed by atoms with van der Waals surface area (Å²) < 4.78 is 0. The molecule has 1 unspecified atom stereocenters. The minimum absolute atomic E-state index is 0.0104. The molecule has 1 aromatic heterocycles. The molecule has 0 aromatic carbocycles. The molecule has 74 valence electrons. The molecule has 1 atom stereocenters. The maximum absolute atomic E-state index is 6.05. The molecule has 1 aromatic rings. The van der Waals surface area contributed by atoms with Crippen molar-refractivity contribution in [3.8, 4) is 0 Å². The van der Waals surface area contributed by atoms with Crippen LogP contribution in [0.3, 0.4) is 0 Å². The standard InChI is InChI=1S/C10H16ClNS/c1-8(11)10(2,3)12-6-9-4-5-13-7-9/h4-5,7-8,12H,6H2,1-3H3. The molecule has 0 amide bonds. The molecule has 1 nitrogen and oxygen atoms in total. The zero-order valence-corrected chi connectivity index (χ0v) is 9.88. The Morgan fingerprint density at radius 3 is 2.77 bits per heavy atom. The number of hydrogen-bond donors (Lipinski definition) is 1. The first-order chi connectivity index (χ1) is 6.02. The van der Waals surface area contributed by atoms with E-state index >= 15 is 0 Å². The summed E-state index contributed by atoms with van der Waals surface area (Å²) in [4.78, 5) is 0.